The van der Waals surface area contributed by atoms with Gasteiger partial charge in [0.1, 0.15) is 0 Å². The molecule has 1 aromatic carbocycles. The van der Waals surface area contributed by atoms with Crippen LogP contribution in [0, 0.1) is 12.3 Å². The highest BCUT2D eigenvalue weighted by Crippen LogP contribution is 2.44. The number of nitrogens with one attached hydrogen (secondary N) is 1. The lowest BCUT2D eigenvalue weighted by Crippen LogP contribution is -2.41. The maximum Gasteiger partial charge on any atom is 0.310 e. The third kappa shape index (κ3) is 4.01. The van der Waals surface area contributed by atoms with Crippen LogP contribution in [0.1, 0.15) is 50.5 Å². The topological polar surface area (TPSA) is 104 Å². The summed E-state index contributed by atoms with van der Waals surface area (Å²) in [6.07, 6.45) is 4.45. The smallest absolute Gasteiger partial charge is 0.310 e. The van der Waals surface area contributed by atoms with Gasteiger partial charge in [-0.3, -0.25) is 9.59 Å². The van der Waals surface area contributed by atoms with Crippen molar-refractivity contribution in [3.63, 3.8) is 0 Å². The minimum absolute atomic E-state index is 0.0928. The molecule has 1 aromatic rings. The van der Waals surface area contributed by atoms with Crippen molar-refractivity contribution in [2.75, 3.05) is 18.4 Å². The second kappa shape index (κ2) is 7.59. The predicted molar refractivity (Wildman–Crippen MR) is 101 cm³/mol. The van der Waals surface area contributed by atoms with Gasteiger partial charge in [0.15, 0.2) is 0 Å². The van der Waals surface area contributed by atoms with E-state index in [4.69, 9.17) is 0 Å². The van der Waals surface area contributed by atoms with Crippen LogP contribution < -0.4 is 5.32 Å². The summed E-state index contributed by atoms with van der Waals surface area (Å²) in [5, 5.41) is 12.0. The van der Waals surface area contributed by atoms with Crippen LogP contribution >= 0.6 is 0 Å². The number of carboxylic acids is 1. The lowest BCUT2D eigenvalue weighted by Gasteiger charge is -2.36. The number of rotatable bonds is 6. The van der Waals surface area contributed by atoms with E-state index >= 15 is 0 Å². The van der Waals surface area contributed by atoms with Crippen LogP contribution in [0.3, 0.4) is 0 Å². The van der Waals surface area contributed by atoms with Crippen LogP contribution in [0.2, 0.25) is 0 Å². The van der Waals surface area contributed by atoms with Gasteiger partial charge in [-0.05, 0) is 50.3 Å². The van der Waals surface area contributed by atoms with Crippen molar-refractivity contribution in [2.24, 2.45) is 5.41 Å². The molecule has 0 spiro atoms. The van der Waals surface area contributed by atoms with Gasteiger partial charge in [0.05, 0.1) is 10.3 Å². The second-order valence-electron chi connectivity index (χ2n) is 7.61. The Bertz CT molecular complexity index is 840. The first kappa shape index (κ1) is 19.8. The van der Waals surface area contributed by atoms with E-state index in [0.717, 1.165) is 25.7 Å². The fourth-order valence-corrected chi connectivity index (χ4v) is 5.55. The number of benzene rings is 1. The van der Waals surface area contributed by atoms with Gasteiger partial charge in [-0.15, -0.1) is 0 Å². The van der Waals surface area contributed by atoms with Gasteiger partial charge in [0.25, 0.3) is 0 Å². The average molecular weight is 394 g/mol. The summed E-state index contributed by atoms with van der Waals surface area (Å²) in [5.74, 6) is -1.34. The van der Waals surface area contributed by atoms with Crippen LogP contribution in [0.25, 0.3) is 0 Å². The normalized spacial score (nSPS) is 19.9. The Kier molecular flexibility index (Phi) is 5.58. The van der Waals surface area contributed by atoms with E-state index in [1.807, 2.05) is 0 Å². The van der Waals surface area contributed by atoms with Crippen molar-refractivity contribution in [3.05, 3.63) is 23.8 Å². The molecule has 2 aliphatic rings. The molecule has 2 N–H and O–H groups in total. The number of carbonyl (C=O) groups is 2. The Morgan fingerprint density at radius 1 is 1.15 bits per heavy atom. The summed E-state index contributed by atoms with van der Waals surface area (Å²) in [6, 6.07) is 4.80. The number of aryl methyl sites for hydroxylation is 1. The van der Waals surface area contributed by atoms with Crippen molar-refractivity contribution < 1.29 is 23.1 Å². The zero-order valence-electron chi connectivity index (χ0n) is 15.5. The maximum absolute atomic E-state index is 13.0. The molecule has 8 heteroatoms. The van der Waals surface area contributed by atoms with Crippen LogP contribution in [-0.2, 0) is 19.6 Å². The van der Waals surface area contributed by atoms with Gasteiger partial charge in [0, 0.05) is 25.2 Å². The Hall–Kier alpha value is -1.93. The van der Waals surface area contributed by atoms with E-state index in [-0.39, 0.29) is 11.3 Å². The Morgan fingerprint density at radius 3 is 2.37 bits per heavy atom. The minimum atomic E-state index is -3.61. The molecule has 1 amide bonds. The number of anilines is 1. The van der Waals surface area contributed by atoms with Crippen LogP contribution in [0.4, 0.5) is 5.69 Å². The minimum Gasteiger partial charge on any atom is -0.481 e. The molecule has 1 heterocycles. The van der Waals surface area contributed by atoms with Crippen LogP contribution in [0.15, 0.2) is 23.1 Å². The molecule has 0 bridgehead atoms. The molecule has 2 fully saturated rings. The third-order valence-corrected chi connectivity index (χ3v) is 7.71. The fourth-order valence-electron chi connectivity index (χ4n) is 3.78. The molecule has 0 atom stereocenters. The summed E-state index contributed by atoms with van der Waals surface area (Å²) in [5.41, 5.74) is 0.0259. The van der Waals surface area contributed by atoms with Crippen molar-refractivity contribution >= 4 is 27.6 Å². The largest absolute Gasteiger partial charge is 0.481 e. The van der Waals surface area contributed by atoms with E-state index in [1.54, 1.807) is 19.1 Å². The summed E-state index contributed by atoms with van der Waals surface area (Å²) < 4.78 is 27.4. The summed E-state index contributed by atoms with van der Waals surface area (Å²) in [7, 11) is -3.61. The van der Waals surface area contributed by atoms with Crippen molar-refractivity contribution in [1.82, 2.24) is 4.31 Å². The summed E-state index contributed by atoms with van der Waals surface area (Å²) in [4.78, 5) is 24.0. The molecule has 1 saturated carbocycles. The van der Waals surface area contributed by atoms with E-state index in [0.29, 0.717) is 37.2 Å². The van der Waals surface area contributed by atoms with Crippen LogP contribution in [0.5, 0.6) is 0 Å². The quantitative estimate of drug-likeness (QED) is 0.772. The molecule has 1 aliphatic heterocycles. The number of sulfonamides is 1. The Morgan fingerprint density at radius 2 is 1.81 bits per heavy atom. The SMILES string of the molecule is Cc1ccc(NC(=O)CC2(C(=O)O)CCC2)cc1S(=O)(=O)N1CCCCC1. The number of piperidine rings is 1. The first-order chi connectivity index (χ1) is 12.7. The maximum atomic E-state index is 13.0. The first-order valence-corrected chi connectivity index (χ1v) is 10.8. The summed E-state index contributed by atoms with van der Waals surface area (Å²) in [6.45, 7) is 2.76. The van der Waals surface area contributed by atoms with E-state index in [9.17, 15) is 23.1 Å². The molecular weight excluding hydrogens is 368 g/mol. The van der Waals surface area contributed by atoms with Gasteiger partial charge < -0.3 is 10.4 Å². The second-order valence-corrected chi connectivity index (χ2v) is 9.52. The van der Waals surface area contributed by atoms with Gasteiger partial charge in [-0.25, -0.2) is 8.42 Å². The number of nitrogens with zero attached hydrogens (tertiary/aromatic N) is 1. The number of amides is 1. The molecule has 0 aromatic heterocycles. The zero-order chi connectivity index (χ0) is 19.7. The van der Waals surface area contributed by atoms with Crippen molar-refractivity contribution in [2.45, 2.75) is 56.8 Å². The number of carbonyl (C=O) groups excluding carboxylic acids is 1. The van der Waals surface area contributed by atoms with E-state index in [1.165, 1.54) is 10.4 Å². The number of aliphatic carboxylic acids is 1. The van der Waals surface area contributed by atoms with Gasteiger partial charge in [-0.2, -0.15) is 4.31 Å². The molecule has 0 unspecified atom stereocenters. The predicted octanol–water partition coefficient (Wildman–Crippen LogP) is 2.75. The molecule has 7 nitrogen and oxygen atoms in total. The van der Waals surface area contributed by atoms with Crippen LogP contribution in [-0.4, -0.2) is 42.8 Å². The average Bonchev–Trinajstić information content (AvgIpc) is 2.60. The highest BCUT2D eigenvalue weighted by Gasteiger charge is 2.45. The monoisotopic (exact) mass is 394 g/mol. The Balaban J connectivity index is 1.77. The first-order valence-electron chi connectivity index (χ1n) is 9.39. The molecular formula is C19H26N2O5S. The van der Waals surface area contributed by atoms with Gasteiger partial charge in [-0.1, -0.05) is 18.9 Å². The Labute approximate surface area is 159 Å². The number of hydrogen-bond acceptors (Lipinski definition) is 4. The van der Waals surface area contributed by atoms with Gasteiger partial charge >= 0.3 is 5.97 Å². The molecule has 0 radical (unpaired) electrons. The highest BCUT2D eigenvalue weighted by atomic mass is 32.2. The van der Waals surface area contributed by atoms with Crippen molar-refractivity contribution in [3.8, 4) is 0 Å². The molecule has 148 valence electrons. The van der Waals surface area contributed by atoms with Gasteiger partial charge in [0.2, 0.25) is 15.9 Å². The highest BCUT2D eigenvalue weighted by molar-refractivity contribution is 7.89. The van der Waals surface area contributed by atoms with E-state index < -0.39 is 27.3 Å². The molecule has 27 heavy (non-hydrogen) atoms. The number of hydrogen-bond donors (Lipinski definition) is 2. The summed E-state index contributed by atoms with van der Waals surface area (Å²) >= 11 is 0. The lowest BCUT2D eigenvalue weighted by atomic mass is 9.66. The standard InChI is InChI=1S/C19H26N2O5S/c1-14-6-7-15(20-17(22)13-19(18(23)24)8-5-9-19)12-16(14)27(25,26)21-10-3-2-4-11-21/h6-7,12H,2-5,8-11,13H2,1H3,(H,20,22)(H,23,24). The molecule has 1 aliphatic carbocycles. The molecule has 3 rings (SSSR count). The third-order valence-electron chi connectivity index (χ3n) is 5.67. The fraction of sp³-hybridized carbons (Fsp3) is 0.579. The lowest BCUT2D eigenvalue weighted by molar-refractivity contribution is -0.157. The molecule has 1 saturated heterocycles. The number of carboxylic acid groups (broad SMARTS) is 1. The zero-order valence-corrected chi connectivity index (χ0v) is 16.3. The van der Waals surface area contributed by atoms with E-state index in [2.05, 4.69) is 5.32 Å². The van der Waals surface area contributed by atoms with Crippen molar-refractivity contribution in [1.29, 1.82) is 0 Å².